The molecule has 0 fully saturated rings. The van der Waals surface area contributed by atoms with Crippen LogP contribution in [0, 0.1) is 0 Å². The second-order valence-corrected chi connectivity index (χ2v) is 5.38. The third-order valence-corrected chi connectivity index (χ3v) is 2.82. The number of rotatable bonds is 2. The van der Waals surface area contributed by atoms with Gasteiger partial charge < -0.3 is 0 Å². The van der Waals surface area contributed by atoms with Crippen LogP contribution in [0.1, 0.15) is 24.0 Å². The minimum absolute atomic E-state index is 0.715. The van der Waals surface area contributed by atoms with Gasteiger partial charge in [0.05, 0.1) is 12.0 Å². The molecule has 0 unspecified atom stereocenters. The van der Waals surface area contributed by atoms with Gasteiger partial charge in [0.2, 0.25) is 0 Å². The number of fused-ring (bicyclic) bond motifs is 1. The number of hydrogen-bond donors (Lipinski definition) is 0. The van der Waals surface area contributed by atoms with Crippen LogP contribution in [0.15, 0.2) is 29.4 Å². The average Bonchev–Trinajstić information content (AvgIpc) is 2.25. The van der Waals surface area contributed by atoms with E-state index in [1.165, 1.54) is 5.56 Å². The minimum atomic E-state index is -3.51. The van der Waals surface area contributed by atoms with Gasteiger partial charge in [0.25, 0.3) is 0 Å². The molecule has 1 aromatic rings. The summed E-state index contributed by atoms with van der Waals surface area (Å²) >= 11 is 0. The molecule has 86 valence electrons. The first-order valence-electron chi connectivity index (χ1n) is 5.10. The second-order valence-electron chi connectivity index (χ2n) is 3.83. The van der Waals surface area contributed by atoms with Crippen LogP contribution in [-0.4, -0.2) is 20.4 Å². The Morgan fingerprint density at radius 1 is 1.25 bits per heavy atom. The van der Waals surface area contributed by atoms with E-state index in [9.17, 15) is 8.42 Å². The smallest absolute Gasteiger partial charge is 0.268 e. The molecule has 0 amide bonds. The van der Waals surface area contributed by atoms with Crippen LogP contribution >= 0.6 is 0 Å². The molecule has 0 atom stereocenters. The molecule has 5 heteroatoms. The molecule has 0 saturated heterocycles. The van der Waals surface area contributed by atoms with Crippen molar-refractivity contribution in [3.8, 4) is 0 Å². The van der Waals surface area contributed by atoms with Crippen LogP contribution in [-0.2, 0) is 20.8 Å². The minimum Gasteiger partial charge on any atom is -0.268 e. The lowest BCUT2D eigenvalue weighted by molar-refractivity contribution is 0.341. The summed E-state index contributed by atoms with van der Waals surface area (Å²) in [5.74, 6) is 0. The molecule has 0 radical (unpaired) electrons. The van der Waals surface area contributed by atoms with Gasteiger partial charge in [-0.2, -0.15) is 8.42 Å². The predicted molar refractivity (Wildman–Crippen MR) is 61.8 cm³/mol. The SMILES string of the molecule is CS(=O)(=O)O/N=C1\CCCc2ccccc21. The van der Waals surface area contributed by atoms with Crippen LogP contribution in [0.25, 0.3) is 0 Å². The third-order valence-electron chi connectivity index (χ3n) is 2.47. The van der Waals surface area contributed by atoms with Gasteiger partial charge in [-0.05, 0) is 24.8 Å². The number of benzene rings is 1. The first-order valence-corrected chi connectivity index (χ1v) is 6.92. The average molecular weight is 239 g/mol. The molecule has 1 aliphatic rings. The van der Waals surface area contributed by atoms with Crippen molar-refractivity contribution in [2.75, 3.05) is 6.26 Å². The molecule has 0 spiro atoms. The van der Waals surface area contributed by atoms with E-state index in [1.807, 2.05) is 24.3 Å². The van der Waals surface area contributed by atoms with E-state index in [-0.39, 0.29) is 0 Å². The highest BCUT2D eigenvalue weighted by atomic mass is 32.2. The van der Waals surface area contributed by atoms with Gasteiger partial charge >= 0.3 is 10.1 Å². The molecular formula is C11H13NO3S. The number of nitrogens with zero attached hydrogens (tertiary/aromatic N) is 1. The van der Waals surface area contributed by atoms with Crippen LogP contribution < -0.4 is 0 Å². The maximum atomic E-state index is 10.9. The normalized spacial score (nSPS) is 18.2. The Labute approximate surface area is 95.0 Å². The topological polar surface area (TPSA) is 55.7 Å². The zero-order valence-corrected chi connectivity index (χ0v) is 9.83. The van der Waals surface area contributed by atoms with Gasteiger partial charge in [-0.1, -0.05) is 29.4 Å². The Morgan fingerprint density at radius 3 is 2.75 bits per heavy atom. The van der Waals surface area contributed by atoms with E-state index >= 15 is 0 Å². The maximum absolute atomic E-state index is 10.9. The summed E-state index contributed by atoms with van der Waals surface area (Å²) in [6, 6.07) is 7.86. The third kappa shape index (κ3) is 2.61. The van der Waals surface area contributed by atoms with Crippen molar-refractivity contribution in [3.63, 3.8) is 0 Å². The van der Waals surface area contributed by atoms with Crippen molar-refractivity contribution >= 4 is 15.8 Å². The van der Waals surface area contributed by atoms with E-state index in [0.717, 1.165) is 31.1 Å². The highest BCUT2D eigenvalue weighted by Gasteiger charge is 2.15. The largest absolute Gasteiger partial charge is 0.325 e. The molecule has 16 heavy (non-hydrogen) atoms. The van der Waals surface area contributed by atoms with E-state index in [1.54, 1.807) is 0 Å². The number of aryl methyl sites for hydroxylation is 1. The molecule has 1 aromatic carbocycles. The van der Waals surface area contributed by atoms with Gasteiger partial charge in [-0.25, -0.2) is 0 Å². The lowest BCUT2D eigenvalue weighted by atomic mass is 9.90. The summed E-state index contributed by atoms with van der Waals surface area (Å²) in [4.78, 5) is 0. The Kier molecular flexibility index (Phi) is 2.96. The first-order chi connectivity index (χ1) is 7.56. The second kappa shape index (κ2) is 4.25. The molecule has 1 aliphatic carbocycles. The van der Waals surface area contributed by atoms with Crippen LogP contribution in [0.3, 0.4) is 0 Å². The summed E-state index contributed by atoms with van der Waals surface area (Å²) in [6.45, 7) is 0. The summed E-state index contributed by atoms with van der Waals surface area (Å²) in [7, 11) is -3.51. The van der Waals surface area contributed by atoms with Crippen molar-refractivity contribution in [3.05, 3.63) is 35.4 Å². The summed E-state index contributed by atoms with van der Waals surface area (Å²) in [6.07, 6.45) is 3.73. The molecule has 0 bridgehead atoms. The van der Waals surface area contributed by atoms with E-state index in [4.69, 9.17) is 0 Å². The standard InChI is InChI=1S/C11H13NO3S/c1-16(13,14)15-12-11-8-4-6-9-5-2-3-7-10(9)11/h2-3,5,7H,4,6,8H2,1H3/b12-11+. The first kappa shape index (κ1) is 11.1. The summed E-state index contributed by atoms with van der Waals surface area (Å²) in [5, 5.41) is 3.72. The van der Waals surface area contributed by atoms with Crippen molar-refractivity contribution in [2.45, 2.75) is 19.3 Å². The Morgan fingerprint density at radius 2 is 2.00 bits per heavy atom. The predicted octanol–water partition coefficient (Wildman–Crippen LogP) is 1.70. The Balaban J connectivity index is 2.32. The summed E-state index contributed by atoms with van der Waals surface area (Å²) in [5.41, 5.74) is 2.91. The summed E-state index contributed by atoms with van der Waals surface area (Å²) < 4.78 is 26.2. The van der Waals surface area contributed by atoms with Gasteiger partial charge in [-0.3, -0.25) is 4.28 Å². The van der Waals surface area contributed by atoms with Crippen LogP contribution in [0.2, 0.25) is 0 Å². The zero-order chi connectivity index (χ0) is 11.6. The molecule has 0 aromatic heterocycles. The van der Waals surface area contributed by atoms with Crippen molar-refractivity contribution < 1.29 is 12.7 Å². The molecule has 0 saturated carbocycles. The van der Waals surface area contributed by atoms with Gasteiger partial charge in [-0.15, -0.1) is 0 Å². The zero-order valence-electron chi connectivity index (χ0n) is 9.01. The van der Waals surface area contributed by atoms with E-state index in [2.05, 4.69) is 9.44 Å². The van der Waals surface area contributed by atoms with E-state index < -0.39 is 10.1 Å². The quantitative estimate of drug-likeness (QED) is 0.738. The highest BCUT2D eigenvalue weighted by molar-refractivity contribution is 7.85. The van der Waals surface area contributed by atoms with Crippen molar-refractivity contribution in [1.29, 1.82) is 0 Å². The van der Waals surface area contributed by atoms with Gasteiger partial charge in [0, 0.05) is 5.56 Å². The lowest BCUT2D eigenvalue weighted by Gasteiger charge is -2.16. The number of oxime groups is 1. The number of hydrogen-bond acceptors (Lipinski definition) is 4. The van der Waals surface area contributed by atoms with Crippen molar-refractivity contribution in [2.24, 2.45) is 5.16 Å². The molecular weight excluding hydrogens is 226 g/mol. The lowest BCUT2D eigenvalue weighted by Crippen LogP contribution is -2.13. The van der Waals surface area contributed by atoms with Crippen LogP contribution in [0.5, 0.6) is 0 Å². The molecule has 0 aliphatic heterocycles. The maximum Gasteiger partial charge on any atom is 0.325 e. The molecule has 0 N–H and O–H groups in total. The van der Waals surface area contributed by atoms with E-state index in [0.29, 0.717) is 5.71 Å². The van der Waals surface area contributed by atoms with Gasteiger partial charge in [0.15, 0.2) is 0 Å². The van der Waals surface area contributed by atoms with Crippen LogP contribution in [0.4, 0.5) is 0 Å². The molecule has 0 heterocycles. The Bertz CT molecular complexity index is 520. The van der Waals surface area contributed by atoms with Gasteiger partial charge in [0.1, 0.15) is 0 Å². The molecule has 4 nitrogen and oxygen atoms in total. The van der Waals surface area contributed by atoms with Crippen molar-refractivity contribution in [1.82, 2.24) is 0 Å². The Hall–Kier alpha value is -1.36. The fraction of sp³-hybridized carbons (Fsp3) is 0.364. The monoisotopic (exact) mass is 239 g/mol. The highest BCUT2D eigenvalue weighted by Crippen LogP contribution is 2.21. The fourth-order valence-corrected chi connectivity index (χ4v) is 2.03. The molecule has 2 rings (SSSR count). The fourth-order valence-electron chi connectivity index (χ4n) is 1.81.